The summed E-state index contributed by atoms with van der Waals surface area (Å²) in [6, 6.07) is 2.78. The van der Waals surface area contributed by atoms with Crippen LogP contribution < -0.4 is 15.4 Å². The van der Waals surface area contributed by atoms with E-state index in [0.717, 1.165) is 5.13 Å². The minimum absolute atomic E-state index is 0.0570. The van der Waals surface area contributed by atoms with Gasteiger partial charge in [0.15, 0.2) is 15.0 Å². The molecule has 0 atom stereocenters. The van der Waals surface area contributed by atoms with E-state index in [4.69, 9.17) is 19.8 Å². The molecule has 40 heavy (non-hydrogen) atoms. The number of primary sulfonamides is 1. The van der Waals surface area contributed by atoms with E-state index in [-0.39, 0.29) is 29.4 Å². The van der Waals surface area contributed by atoms with Gasteiger partial charge >= 0.3 is 12.1 Å². The number of nitrogens with one attached hydrogen (secondary N) is 2. The first kappa shape index (κ1) is 29.7. The standard InChI is InChI=1S/C17H20N8O5S3.C2HF3O2/c18-33(28,29)15-13(32(26,27)10-7-19-8-10)2-1-11(14(15)16-21-23-24-22-16)12-9-31-17(20-12)25-3-5-30-6-4-25;3-2(4,5)1(6)7/h1-2,9-10,19H,3-8H2,(H2,18,28,29)(H,21,22,23,24);(H,6,7). The van der Waals surface area contributed by atoms with Crippen molar-refractivity contribution in [2.45, 2.75) is 21.2 Å². The largest absolute Gasteiger partial charge is 0.490 e. The Morgan fingerprint density at radius 3 is 2.33 bits per heavy atom. The SMILES string of the molecule is NS(=O)(=O)c1c(S(=O)(=O)C2CNC2)ccc(-c2csc(N3CCOCC3)n2)c1-c1nn[nH]n1.O=C(O)C(F)(F)F. The number of nitrogens with two attached hydrogens (primary N) is 1. The highest BCUT2D eigenvalue weighted by molar-refractivity contribution is 7.94. The monoisotopic (exact) mass is 626 g/mol. The molecule has 0 radical (unpaired) electrons. The third-order valence-corrected chi connectivity index (χ3v) is 9.94. The second-order valence-electron chi connectivity index (χ2n) is 8.34. The molecule has 2 aromatic heterocycles. The predicted molar refractivity (Wildman–Crippen MR) is 133 cm³/mol. The van der Waals surface area contributed by atoms with Gasteiger partial charge in [0.2, 0.25) is 15.8 Å². The highest BCUT2D eigenvalue weighted by atomic mass is 32.2. The summed E-state index contributed by atoms with van der Waals surface area (Å²) < 4.78 is 89.0. The molecule has 0 bridgehead atoms. The smallest absolute Gasteiger partial charge is 0.475 e. The number of benzene rings is 1. The topological polar surface area (TPSA) is 223 Å². The van der Waals surface area contributed by atoms with E-state index >= 15 is 0 Å². The number of nitrogens with zero attached hydrogens (tertiary/aromatic N) is 5. The van der Waals surface area contributed by atoms with E-state index in [1.54, 1.807) is 5.38 Å². The normalized spacial score (nSPS) is 16.6. The van der Waals surface area contributed by atoms with Gasteiger partial charge in [0.05, 0.1) is 34.6 Å². The summed E-state index contributed by atoms with van der Waals surface area (Å²) in [7, 11) is -8.50. The maximum atomic E-state index is 13.2. The average molecular weight is 627 g/mol. The molecule has 218 valence electrons. The first-order chi connectivity index (χ1) is 18.7. The molecule has 0 unspecified atom stereocenters. The molecule has 2 saturated heterocycles. The van der Waals surface area contributed by atoms with E-state index in [0.29, 0.717) is 37.6 Å². The third kappa shape index (κ3) is 6.23. The van der Waals surface area contributed by atoms with E-state index in [1.807, 2.05) is 0 Å². The second-order valence-corrected chi connectivity index (χ2v) is 12.9. The van der Waals surface area contributed by atoms with Gasteiger partial charge in [-0.3, -0.25) is 0 Å². The number of thiazole rings is 1. The maximum Gasteiger partial charge on any atom is 0.490 e. The Morgan fingerprint density at radius 1 is 1.18 bits per heavy atom. The molecule has 0 amide bonds. The number of rotatable bonds is 6. The van der Waals surface area contributed by atoms with Crippen molar-refractivity contribution in [3.8, 4) is 22.6 Å². The fraction of sp³-hybridized carbons (Fsp3) is 0.421. The lowest BCUT2D eigenvalue weighted by Gasteiger charge is -2.28. The number of morpholine rings is 1. The Bertz CT molecular complexity index is 1590. The number of carbonyl (C=O) groups is 1. The van der Waals surface area contributed by atoms with Crippen LogP contribution in [0.25, 0.3) is 22.6 Å². The summed E-state index contributed by atoms with van der Waals surface area (Å²) in [5.41, 5.74) is 0.723. The highest BCUT2D eigenvalue weighted by Gasteiger charge is 2.39. The molecule has 2 aliphatic rings. The van der Waals surface area contributed by atoms with Gasteiger partial charge in [0.25, 0.3) is 0 Å². The minimum atomic E-state index is -5.08. The van der Waals surface area contributed by atoms with Crippen LogP contribution in [0.4, 0.5) is 18.3 Å². The fourth-order valence-corrected chi connectivity index (χ4v) is 7.78. The Balaban J connectivity index is 0.000000470. The molecule has 0 saturated carbocycles. The number of hydrogen-bond donors (Lipinski definition) is 4. The first-order valence-electron chi connectivity index (χ1n) is 11.2. The van der Waals surface area contributed by atoms with Gasteiger partial charge < -0.3 is 20.1 Å². The average Bonchev–Trinajstić information content (AvgIpc) is 3.54. The number of carboxylic acids is 1. The van der Waals surface area contributed by atoms with Crippen molar-refractivity contribution in [3.05, 3.63) is 17.5 Å². The highest BCUT2D eigenvalue weighted by Crippen LogP contribution is 2.41. The number of aliphatic carboxylic acids is 1. The Labute approximate surface area is 228 Å². The number of alkyl halides is 3. The van der Waals surface area contributed by atoms with Crippen molar-refractivity contribution in [1.82, 2.24) is 30.9 Å². The number of ether oxygens (including phenoxy) is 1. The molecule has 2 fully saturated rings. The summed E-state index contributed by atoms with van der Waals surface area (Å²) in [6.07, 6.45) is -5.08. The van der Waals surface area contributed by atoms with Crippen molar-refractivity contribution in [2.75, 3.05) is 44.3 Å². The zero-order chi connectivity index (χ0) is 29.3. The molecule has 15 nitrogen and oxygen atoms in total. The molecule has 0 spiro atoms. The van der Waals surface area contributed by atoms with Gasteiger partial charge in [-0.25, -0.2) is 31.8 Å². The minimum Gasteiger partial charge on any atom is -0.475 e. The molecule has 4 heterocycles. The number of halogens is 3. The van der Waals surface area contributed by atoms with Crippen LogP contribution in [0.15, 0.2) is 27.3 Å². The van der Waals surface area contributed by atoms with Gasteiger partial charge in [-0.05, 0) is 11.3 Å². The van der Waals surface area contributed by atoms with Gasteiger partial charge in [-0.15, -0.1) is 21.5 Å². The molecular formula is C19H21F3N8O7S3. The van der Waals surface area contributed by atoms with Crippen molar-refractivity contribution >= 4 is 42.3 Å². The zero-order valence-electron chi connectivity index (χ0n) is 20.1. The molecule has 2 aliphatic heterocycles. The lowest BCUT2D eigenvalue weighted by molar-refractivity contribution is -0.192. The van der Waals surface area contributed by atoms with Crippen LogP contribution in [0.2, 0.25) is 0 Å². The van der Waals surface area contributed by atoms with E-state index in [9.17, 15) is 30.0 Å². The molecule has 5 rings (SSSR count). The number of tetrazole rings is 1. The molecule has 21 heteroatoms. The zero-order valence-corrected chi connectivity index (χ0v) is 22.6. The van der Waals surface area contributed by atoms with Gasteiger partial charge in [0.1, 0.15) is 4.90 Å². The second kappa shape index (κ2) is 11.3. The first-order valence-corrected chi connectivity index (χ1v) is 15.2. The number of carboxylic acid groups (broad SMARTS) is 1. The lowest BCUT2D eigenvalue weighted by atomic mass is 10.0. The Morgan fingerprint density at radius 2 is 1.82 bits per heavy atom. The number of aromatic nitrogens is 5. The van der Waals surface area contributed by atoms with Crippen molar-refractivity contribution < 1.29 is 44.6 Å². The summed E-state index contributed by atoms with van der Waals surface area (Å²) >= 11 is 1.39. The van der Waals surface area contributed by atoms with Crippen LogP contribution in [0.5, 0.6) is 0 Å². The number of H-pyrrole nitrogens is 1. The maximum absolute atomic E-state index is 13.2. The third-order valence-electron chi connectivity index (χ3n) is 5.76. The quantitative estimate of drug-likeness (QED) is 0.280. The van der Waals surface area contributed by atoms with Crippen LogP contribution in [-0.2, 0) is 29.4 Å². The number of sulfone groups is 1. The summed E-state index contributed by atoms with van der Waals surface area (Å²) in [5.74, 6) is -2.86. The fourth-order valence-electron chi connectivity index (χ4n) is 3.72. The van der Waals surface area contributed by atoms with Crippen LogP contribution in [0.1, 0.15) is 0 Å². The van der Waals surface area contributed by atoms with Gasteiger partial charge in [-0.1, -0.05) is 6.07 Å². The van der Waals surface area contributed by atoms with E-state index < -0.39 is 42.2 Å². The van der Waals surface area contributed by atoms with Gasteiger partial charge in [0, 0.05) is 37.1 Å². The van der Waals surface area contributed by atoms with E-state index in [1.165, 1.54) is 23.5 Å². The van der Waals surface area contributed by atoms with Crippen molar-refractivity contribution in [3.63, 3.8) is 0 Å². The van der Waals surface area contributed by atoms with E-state index in [2.05, 4.69) is 35.8 Å². The van der Waals surface area contributed by atoms with Crippen LogP contribution in [-0.4, -0.2) is 104 Å². The van der Waals surface area contributed by atoms with Gasteiger partial charge in [-0.2, -0.15) is 18.4 Å². The summed E-state index contributed by atoms with van der Waals surface area (Å²) in [5, 5.41) is 31.0. The van der Waals surface area contributed by atoms with Crippen molar-refractivity contribution in [2.24, 2.45) is 5.14 Å². The van der Waals surface area contributed by atoms with Crippen LogP contribution in [0.3, 0.4) is 0 Å². The number of anilines is 1. The Hall–Kier alpha value is -3.24. The molecule has 1 aromatic carbocycles. The number of hydrogen-bond acceptors (Lipinski definition) is 13. The molecule has 3 aromatic rings. The summed E-state index contributed by atoms with van der Waals surface area (Å²) in [4.78, 5) is 14.7. The number of aromatic amines is 1. The Kier molecular flexibility index (Phi) is 8.42. The molecular weight excluding hydrogens is 605 g/mol. The molecule has 0 aliphatic carbocycles. The number of sulfonamides is 1. The predicted octanol–water partition coefficient (Wildman–Crippen LogP) is -0.147. The van der Waals surface area contributed by atoms with Crippen LogP contribution >= 0.6 is 11.3 Å². The van der Waals surface area contributed by atoms with Crippen molar-refractivity contribution in [1.29, 1.82) is 0 Å². The lowest BCUT2D eigenvalue weighted by Crippen LogP contribution is -2.51. The van der Waals surface area contributed by atoms with Crippen LogP contribution in [0, 0.1) is 0 Å². The summed E-state index contributed by atoms with van der Waals surface area (Å²) in [6.45, 7) is 2.98. The molecule has 5 N–H and O–H groups in total.